The molecule has 5 aromatic rings. The summed E-state index contributed by atoms with van der Waals surface area (Å²) in [7, 11) is -3.54. The van der Waals surface area contributed by atoms with Gasteiger partial charge in [0, 0.05) is 69.6 Å². The van der Waals surface area contributed by atoms with E-state index in [1.165, 1.54) is 53.1 Å². The second-order valence-electron chi connectivity index (χ2n) is 18.7. The molecular formula is C47H48F6N12O6S2. The second kappa shape index (κ2) is 19.8. The number of carbonyl (C=O) groups excluding carboxylic acids is 4. The summed E-state index contributed by atoms with van der Waals surface area (Å²) in [5.74, 6) is -3.65. The van der Waals surface area contributed by atoms with Crippen LogP contribution < -0.4 is 35.0 Å². The molecule has 2 saturated heterocycles. The van der Waals surface area contributed by atoms with Gasteiger partial charge in [-0.25, -0.2) is 42.9 Å². The number of ketones is 2. The SMILES string of the molecule is C[C@@H](CC(=O)c1ccc2c(n1)N(C(=O)Nc1cc(-c3cnc(C4CC4)s3)ccn1)[C@H]1CCN2C1)C(F)(F)F.C[C@@H](CC(=O)c1ccc2c(n1)N(C(=O)Nc1cc(NS(C)(=O)=O)ccn1)[C@H]1CCN2C1)C(F)(F)F. The lowest BCUT2D eigenvalue weighted by Gasteiger charge is -2.35. The van der Waals surface area contributed by atoms with Crippen LogP contribution in [0.2, 0.25) is 0 Å². The number of halogens is 6. The number of amides is 4. The first-order valence-electron chi connectivity index (χ1n) is 23.3. The number of hydrogen-bond acceptors (Lipinski definition) is 14. The van der Waals surface area contributed by atoms with Crippen molar-refractivity contribution in [1.29, 1.82) is 0 Å². The van der Waals surface area contributed by atoms with Crippen molar-refractivity contribution in [1.82, 2.24) is 24.9 Å². The lowest BCUT2D eigenvalue weighted by molar-refractivity contribution is -0.169. The van der Waals surface area contributed by atoms with Gasteiger partial charge in [-0.1, -0.05) is 13.8 Å². The van der Waals surface area contributed by atoms with Gasteiger partial charge in [0.25, 0.3) is 0 Å². The number of alkyl halides is 6. The molecule has 4 amide bonds. The minimum absolute atomic E-state index is 0.0804. The molecule has 73 heavy (non-hydrogen) atoms. The monoisotopic (exact) mass is 1050 g/mol. The van der Waals surface area contributed by atoms with Crippen molar-refractivity contribution < 1.29 is 53.9 Å². The molecule has 5 aliphatic rings. The van der Waals surface area contributed by atoms with Crippen molar-refractivity contribution in [2.75, 3.05) is 67.4 Å². The molecule has 4 bridgehead atoms. The summed E-state index contributed by atoms with van der Waals surface area (Å²) in [6.07, 6.45) is -0.984. The third-order valence-corrected chi connectivity index (χ3v) is 14.9. The van der Waals surface area contributed by atoms with Gasteiger partial charge in [-0.2, -0.15) is 26.3 Å². The first-order valence-corrected chi connectivity index (χ1v) is 26.0. The van der Waals surface area contributed by atoms with E-state index >= 15 is 0 Å². The van der Waals surface area contributed by atoms with Crippen LogP contribution in [-0.4, -0.2) is 114 Å². The molecule has 386 valence electrons. The normalized spacial score (nSPS) is 18.8. The van der Waals surface area contributed by atoms with Crippen molar-refractivity contribution in [3.05, 3.63) is 83.5 Å². The van der Waals surface area contributed by atoms with E-state index in [2.05, 4.69) is 45.2 Å². The average Bonchev–Trinajstić information content (AvgIpc) is 3.67. The summed E-state index contributed by atoms with van der Waals surface area (Å²) in [6.45, 7) is 4.41. The molecule has 10 rings (SSSR count). The zero-order valence-electron chi connectivity index (χ0n) is 39.4. The molecule has 1 saturated carbocycles. The van der Waals surface area contributed by atoms with Gasteiger partial charge in [-0.05, 0) is 73.7 Å². The second-order valence-corrected chi connectivity index (χ2v) is 21.5. The maximum atomic E-state index is 13.5. The highest BCUT2D eigenvalue weighted by Crippen LogP contribution is 2.45. The Morgan fingerprint density at radius 3 is 1.67 bits per heavy atom. The molecule has 5 aromatic heterocycles. The Balaban J connectivity index is 0.000000181. The number of nitrogens with one attached hydrogen (secondary N) is 3. The highest BCUT2D eigenvalue weighted by atomic mass is 32.2. The number of sulfonamides is 1. The number of anilines is 7. The number of pyridine rings is 4. The first-order chi connectivity index (χ1) is 34.5. The Bertz CT molecular complexity index is 3080. The van der Waals surface area contributed by atoms with E-state index in [1.807, 2.05) is 17.2 Å². The molecule has 0 spiro atoms. The van der Waals surface area contributed by atoms with Crippen molar-refractivity contribution in [3.63, 3.8) is 0 Å². The Hall–Kier alpha value is -6.96. The minimum Gasteiger partial charge on any atom is -0.366 e. The lowest BCUT2D eigenvalue weighted by Crippen LogP contribution is -2.48. The van der Waals surface area contributed by atoms with Crippen molar-refractivity contribution in [2.24, 2.45) is 11.8 Å². The fourth-order valence-corrected chi connectivity index (χ4v) is 10.6. The van der Waals surface area contributed by atoms with Crippen LogP contribution in [0.1, 0.15) is 84.3 Å². The molecule has 26 heteroatoms. The smallest absolute Gasteiger partial charge is 0.366 e. The molecule has 4 aliphatic heterocycles. The van der Waals surface area contributed by atoms with Gasteiger partial charge in [0.15, 0.2) is 23.2 Å². The molecule has 0 radical (unpaired) electrons. The van der Waals surface area contributed by atoms with Gasteiger partial charge in [0.05, 0.1) is 57.1 Å². The van der Waals surface area contributed by atoms with Crippen molar-refractivity contribution in [2.45, 2.75) is 82.7 Å². The fraction of sp³-hybridized carbons (Fsp3) is 0.426. The van der Waals surface area contributed by atoms with Gasteiger partial charge in [0.2, 0.25) is 10.0 Å². The zero-order chi connectivity index (χ0) is 52.1. The number of rotatable bonds is 12. The highest BCUT2D eigenvalue weighted by molar-refractivity contribution is 7.92. The van der Waals surface area contributed by atoms with Crippen LogP contribution in [-0.2, 0) is 10.0 Å². The molecular weight excluding hydrogens is 1010 g/mol. The predicted octanol–water partition coefficient (Wildman–Crippen LogP) is 9.13. The Labute approximate surface area is 418 Å². The van der Waals surface area contributed by atoms with E-state index in [0.717, 1.165) is 35.6 Å². The van der Waals surface area contributed by atoms with Crippen LogP contribution in [0.3, 0.4) is 0 Å². The van der Waals surface area contributed by atoms with E-state index in [0.29, 0.717) is 62.1 Å². The number of carbonyl (C=O) groups is 4. The predicted molar refractivity (Wildman–Crippen MR) is 261 cm³/mol. The average molecular weight is 1060 g/mol. The topological polar surface area (TPSA) is 216 Å². The molecule has 9 heterocycles. The largest absolute Gasteiger partial charge is 0.391 e. The quantitative estimate of drug-likeness (QED) is 0.0786. The summed E-state index contributed by atoms with van der Waals surface area (Å²) in [4.78, 5) is 81.5. The fourth-order valence-electron chi connectivity index (χ4n) is 8.96. The molecule has 0 unspecified atom stereocenters. The van der Waals surface area contributed by atoms with Gasteiger partial charge < -0.3 is 9.80 Å². The van der Waals surface area contributed by atoms with Crippen LogP contribution in [0.5, 0.6) is 0 Å². The summed E-state index contributed by atoms with van der Waals surface area (Å²) in [5.41, 5.74) is 2.13. The number of urea groups is 2. The summed E-state index contributed by atoms with van der Waals surface area (Å²) in [5, 5.41) is 6.59. The summed E-state index contributed by atoms with van der Waals surface area (Å²) in [6, 6.07) is 11.0. The lowest BCUT2D eigenvalue weighted by atomic mass is 10.0. The number of thiazole rings is 1. The molecule has 18 nitrogen and oxygen atoms in total. The van der Waals surface area contributed by atoms with Crippen LogP contribution in [0.25, 0.3) is 10.4 Å². The van der Waals surface area contributed by atoms with E-state index in [9.17, 15) is 53.9 Å². The van der Waals surface area contributed by atoms with Crippen molar-refractivity contribution in [3.8, 4) is 10.4 Å². The number of fused-ring (bicyclic) bond motifs is 8. The highest BCUT2D eigenvalue weighted by Gasteiger charge is 2.44. The Morgan fingerprint density at radius 2 is 1.19 bits per heavy atom. The Kier molecular flexibility index (Phi) is 13.8. The van der Waals surface area contributed by atoms with Gasteiger partial charge in [0.1, 0.15) is 23.0 Å². The van der Waals surface area contributed by atoms with Crippen LogP contribution in [0.4, 0.5) is 76.3 Å². The Morgan fingerprint density at radius 1 is 0.699 bits per heavy atom. The third-order valence-electron chi connectivity index (χ3n) is 13.0. The molecule has 0 aromatic carbocycles. The maximum Gasteiger partial charge on any atom is 0.391 e. The summed E-state index contributed by atoms with van der Waals surface area (Å²) < 4.78 is 103. The number of aromatic nitrogens is 5. The number of hydrogen-bond donors (Lipinski definition) is 3. The zero-order valence-corrected chi connectivity index (χ0v) is 41.0. The summed E-state index contributed by atoms with van der Waals surface area (Å²) >= 11 is 1.64. The van der Waals surface area contributed by atoms with E-state index in [4.69, 9.17) is 0 Å². The molecule has 3 N–H and O–H groups in total. The maximum absolute atomic E-state index is 13.5. The van der Waals surface area contributed by atoms with E-state index in [-0.39, 0.29) is 46.6 Å². The van der Waals surface area contributed by atoms with Crippen LogP contribution >= 0.6 is 11.3 Å². The van der Waals surface area contributed by atoms with Gasteiger partial charge in [-0.3, -0.25) is 34.7 Å². The third kappa shape index (κ3) is 11.5. The van der Waals surface area contributed by atoms with Gasteiger partial charge in [-0.15, -0.1) is 11.3 Å². The molecule has 1 aliphatic carbocycles. The minimum atomic E-state index is -4.51. The van der Waals surface area contributed by atoms with Crippen LogP contribution in [0.15, 0.2) is 67.1 Å². The van der Waals surface area contributed by atoms with Crippen molar-refractivity contribution >= 4 is 85.3 Å². The standard InChI is InChI=1S/C26H25F3N6O2S.C21H23F3N6O4S/c1-14(26(27,28)29)10-20(36)18-4-5-19-23(32-18)35(17-7-9-34(19)13-17)25(37)33-22-11-16(6-8-30-22)21-12-31-24(38-21)15-2-3-15;1-12(21(22,23)24)9-17(31)15-3-4-16-19(26-15)30(14-6-8-29(16)11-14)20(32)27-18-10-13(5-7-25-18)28-35(2,33)34/h4-6,8,11-12,14-15,17H,2-3,7,9-10,13H2,1H3,(H,30,33,37);3-5,7,10,12,14H,6,8-9,11H2,1-2H3,(H2,25,27,28,32)/t14-,17-;12-,14-/m00/s1. The van der Waals surface area contributed by atoms with E-state index < -0.39 is 70.7 Å². The van der Waals surface area contributed by atoms with E-state index in [1.54, 1.807) is 35.7 Å². The number of nitrogens with zero attached hydrogens (tertiary/aromatic N) is 9. The first kappa shape index (κ1) is 51.0. The van der Waals surface area contributed by atoms with Crippen LogP contribution in [0, 0.1) is 11.8 Å². The number of Topliss-reactive ketones (excluding diaryl/α,β-unsaturated/α-hetero) is 2. The molecule has 4 atom stereocenters. The molecule has 3 fully saturated rings. The van der Waals surface area contributed by atoms with Gasteiger partial charge >= 0.3 is 24.4 Å².